The molecule has 2 aromatic rings. The first kappa shape index (κ1) is 16.3. The van der Waals surface area contributed by atoms with Crippen LogP contribution in [0.25, 0.3) is 11.2 Å². The summed E-state index contributed by atoms with van der Waals surface area (Å²) < 4.78 is 1.98. The van der Waals surface area contributed by atoms with Crippen molar-refractivity contribution in [1.82, 2.24) is 24.7 Å². The highest BCUT2D eigenvalue weighted by atomic mass is 15.4. The molecule has 0 spiro atoms. The highest BCUT2D eigenvalue weighted by Gasteiger charge is 2.15. The maximum atomic E-state index is 5.95. The third-order valence-corrected chi connectivity index (χ3v) is 3.38. The summed E-state index contributed by atoms with van der Waals surface area (Å²) in [7, 11) is 1.80. The standard InChI is InChI=1S/C15H25N7/c1-4-6-18-7-5-12-13(11(2)10-21(3)17)22-9-8-19-14(16)15(22)20-12/h8-10,18H,4-7,17H2,1-3H3,(H2,16,19)/b11-10+. The first-order valence-electron chi connectivity index (χ1n) is 7.53. The van der Waals surface area contributed by atoms with Crippen molar-refractivity contribution in [3.05, 3.63) is 30.0 Å². The molecule has 0 saturated carbocycles. The Hall–Kier alpha value is -2.12. The lowest BCUT2D eigenvalue weighted by Crippen LogP contribution is -2.20. The van der Waals surface area contributed by atoms with Crippen LogP contribution >= 0.6 is 0 Å². The Morgan fingerprint density at radius 2 is 2.23 bits per heavy atom. The van der Waals surface area contributed by atoms with E-state index >= 15 is 0 Å². The van der Waals surface area contributed by atoms with Gasteiger partial charge in [-0.1, -0.05) is 6.92 Å². The van der Waals surface area contributed by atoms with Gasteiger partial charge in [0, 0.05) is 38.6 Å². The van der Waals surface area contributed by atoms with E-state index in [1.54, 1.807) is 18.3 Å². The van der Waals surface area contributed by atoms with E-state index < -0.39 is 0 Å². The van der Waals surface area contributed by atoms with Crippen LogP contribution in [-0.2, 0) is 6.42 Å². The average Bonchev–Trinajstić information content (AvgIpc) is 2.83. The van der Waals surface area contributed by atoms with E-state index in [2.05, 4.69) is 22.2 Å². The zero-order chi connectivity index (χ0) is 16.1. The number of allylic oxidation sites excluding steroid dienone is 1. The Kier molecular flexibility index (Phi) is 5.35. The molecule has 0 aliphatic carbocycles. The van der Waals surface area contributed by atoms with E-state index in [0.717, 1.165) is 42.9 Å². The number of aromatic nitrogens is 3. The largest absolute Gasteiger partial charge is 0.381 e. The second kappa shape index (κ2) is 7.24. The summed E-state index contributed by atoms with van der Waals surface area (Å²) >= 11 is 0. The van der Waals surface area contributed by atoms with Crippen molar-refractivity contribution in [1.29, 1.82) is 0 Å². The van der Waals surface area contributed by atoms with E-state index in [1.165, 1.54) is 0 Å². The van der Waals surface area contributed by atoms with Gasteiger partial charge in [0.15, 0.2) is 11.5 Å². The monoisotopic (exact) mass is 303 g/mol. The summed E-state index contributed by atoms with van der Waals surface area (Å²) in [4.78, 5) is 8.79. The number of nitrogens with zero attached hydrogens (tertiary/aromatic N) is 4. The van der Waals surface area contributed by atoms with Crippen molar-refractivity contribution in [3.63, 3.8) is 0 Å². The van der Waals surface area contributed by atoms with Gasteiger partial charge in [0.25, 0.3) is 0 Å². The molecule has 120 valence electrons. The minimum atomic E-state index is 0.436. The van der Waals surface area contributed by atoms with Gasteiger partial charge in [-0.25, -0.2) is 15.8 Å². The van der Waals surface area contributed by atoms with E-state index in [9.17, 15) is 0 Å². The molecule has 2 aromatic heterocycles. The van der Waals surface area contributed by atoms with Crippen molar-refractivity contribution >= 4 is 17.0 Å². The Morgan fingerprint density at radius 3 is 2.91 bits per heavy atom. The average molecular weight is 303 g/mol. The molecular weight excluding hydrogens is 278 g/mol. The number of rotatable bonds is 7. The summed E-state index contributed by atoms with van der Waals surface area (Å²) in [6.45, 7) is 6.06. The number of nitrogens with one attached hydrogen (secondary N) is 1. The molecule has 7 heteroatoms. The van der Waals surface area contributed by atoms with Gasteiger partial charge in [0.1, 0.15) is 0 Å². The van der Waals surface area contributed by atoms with Gasteiger partial charge in [-0.2, -0.15) is 0 Å². The van der Waals surface area contributed by atoms with Gasteiger partial charge in [0.2, 0.25) is 0 Å². The molecule has 0 aliphatic rings. The van der Waals surface area contributed by atoms with Crippen LogP contribution in [-0.4, -0.2) is 39.5 Å². The van der Waals surface area contributed by atoms with Crippen molar-refractivity contribution in [2.75, 3.05) is 25.9 Å². The number of anilines is 1. The normalized spacial score (nSPS) is 12.1. The predicted octanol–water partition coefficient (Wildman–Crippen LogP) is 1.02. The Morgan fingerprint density at radius 1 is 1.45 bits per heavy atom. The highest BCUT2D eigenvalue weighted by Crippen LogP contribution is 2.23. The summed E-state index contributed by atoms with van der Waals surface area (Å²) in [5.41, 5.74) is 9.70. The van der Waals surface area contributed by atoms with E-state index in [1.807, 2.05) is 23.7 Å². The van der Waals surface area contributed by atoms with Gasteiger partial charge >= 0.3 is 0 Å². The van der Waals surface area contributed by atoms with E-state index in [0.29, 0.717) is 11.5 Å². The molecule has 0 bridgehead atoms. The SMILES string of the molecule is CCCNCCc1nc2c(N)nccn2c1/C(C)=C/N(C)N. The quantitative estimate of drug-likeness (QED) is 0.401. The van der Waals surface area contributed by atoms with Crippen molar-refractivity contribution in [3.8, 4) is 0 Å². The predicted molar refractivity (Wildman–Crippen MR) is 89.9 cm³/mol. The molecule has 0 saturated heterocycles. The minimum Gasteiger partial charge on any atom is -0.381 e. The van der Waals surface area contributed by atoms with Crippen LogP contribution in [0.15, 0.2) is 18.6 Å². The number of hydrogen-bond acceptors (Lipinski definition) is 6. The van der Waals surface area contributed by atoms with Gasteiger partial charge in [-0.05, 0) is 25.5 Å². The van der Waals surface area contributed by atoms with Crippen LogP contribution in [0.4, 0.5) is 5.82 Å². The minimum absolute atomic E-state index is 0.436. The Balaban J connectivity index is 2.42. The van der Waals surface area contributed by atoms with E-state index in [-0.39, 0.29) is 0 Å². The van der Waals surface area contributed by atoms with Crippen molar-refractivity contribution in [2.24, 2.45) is 5.84 Å². The highest BCUT2D eigenvalue weighted by molar-refractivity contribution is 5.70. The second-order valence-electron chi connectivity index (χ2n) is 5.39. The molecule has 0 aliphatic heterocycles. The van der Waals surface area contributed by atoms with Crippen molar-refractivity contribution in [2.45, 2.75) is 26.7 Å². The van der Waals surface area contributed by atoms with Crippen LogP contribution in [0.1, 0.15) is 31.7 Å². The molecule has 0 atom stereocenters. The fourth-order valence-corrected chi connectivity index (χ4v) is 2.51. The molecule has 5 N–H and O–H groups in total. The van der Waals surface area contributed by atoms with Crippen LogP contribution < -0.4 is 16.9 Å². The van der Waals surface area contributed by atoms with Crippen LogP contribution in [0.3, 0.4) is 0 Å². The third-order valence-electron chi connectivity index (χ3n) is 3.38. The first-order chi connectivity index (χ1) is 10.5. The summed E-state index contributed by atoms with van der Waals surface area (Å²) in [5, 5.41) is 4.94. The van der Waals surface area contributed by atoms with Gasteiger partial charge in [-0.3, -0.25) is 4.40 Å². The number of imidazole rings is 1. The molecule has 0 amide bonds. The Labute approximate surface area is 131 Å². The third kappa shape index (κ3) is 3.55. The molecule has 2 rings (SSSR count). The van der Waals surface area contributed by atoms with E-state index in [4.69, 9.17) is 11.6 Å². The maximum Gasteiger partial charge on any atom is 0.180 e. The fourth-order valence-electron chi connectivity index (χ4n) is 2.51. The fraction of sp³-hybridized carbons (Fsp3) is 0.467. The van der Waals surface area contributed by atoms with Crippen LogP contribution in [0.2, 0.25) is 0 Å². The molecule has 0 radical (unpaired) electrons. The molecule has 0 aromatic carbocycles. The zero-order valence-electron chi connectivity index (χ0n) is 13.5. The van der Waals surface area contributed by atoms with Crippen molar-refractivity contribution < 1.29 is 0 Å². The summed E-state index contributed by atoms with van der Waals surface area (Å²) in [5.74, 6) is 6.18. The molecule has 2 heterocycles. The number of hydrazine groups is 1. The lowest BCUT2D eigenvalue weighted by Gasteiger charge is -2.10. The molecule has 0 unspecified atom stereocenters. The topological polar surface area (TPSA) is 97.5 Å². The number of fused-ring (bicyclic) bond motifs is 1. The summed E-state index contributed by atoms with van der Waals surface area (Å²) in [6.07, 6.45) is 7.39. The van der Waals surface area contributed by atoms with Gasteiger partial charge in [-0.15, -0.1) is 0 Å². The maximum absolute atomic E-state index is 5.95. The van der Waals surface area contributed by atoms with Crippen LogP contribution in [0.5, 0.6) is 0 Å². The smallest absolute Gasteiger partial charge is 0.180 e. The zero-order valence-corrected chi connectivity index (χ0v) is 13.5. The second-order valence-corrected chi connectivity index (χ2v) is 5.39. The molecular formula is C15H25N7. The Bertz CT molecular complexity index is 657. The molecule has 0 fully saturated rings. The lowest BCUT2D eigenvalue weighted by molar-refractivity contribution is 0.486. The number of nitrogen functional groups attached to an aromatic ring is 1. The lowest BCUT2D eigenvalue weighted by atomic mass is 10.1. The molecule has 7 nitrogen and oxygen atoms in total. The first-order valence-corrected chi connectivity index (χ1v) is 7.53. The number of hydrogen-bond donors (Lipinski definition) is 3. The van der Waals surface area contributed by atoms with Crippen LogP contribution in [0, 0.1) is 0 Å². The molecule has 22 heavy (non-hydrogen) atoms. The summed E-state index contributed by atoms with van der Waals surface area (Å²) in [6, 6.07) is 0. The van der Waals surface area contributed by atoms with Gasteiger partial charge in [0.05, 0.1) is 11.4 Å². The van der Waals surface area contributed by atoms with Gasteiger partial charge < -0.3 is 16.1 Å². The number of nitrogens with two attached hydrogens (primary N) is 2.